The predicted molar refractivity (Wildman–Crippen MR) is 144 cm³/mol. The van der Waals surface area contributed by atoms with Gasteiger partial charge >= 0.3 is 10.2 Å². The van der Waals surface area contributed by atoms with E-state index in [2.05, 4.69) is 5.32 Å². The maximum absolute atomic E-state index is 13.8. The number of methoxy groups -OCH3 is 1. The van der Waals surface area contributed by atoms with Crippen molar-refractivity contribution in [1.82, 2.24) is 14.5 Å². The van der Waals surface area contributed by atoms with E-state index in [0.717, 1.165) is 39.9 Å². The maximum atomic E-state index is 13.8. The molecule has 1 saturated carbocycles. The highest BCUT2D eigenvalue weighted by Gasteiger charge is 2.33. The zero-order valence-corrected chi connectivity index (χ0v) is 22.9. The Morgan fingerprint density at radius 2 is 1.62 bits per heavy atom. The number of nitrogens with zero attached hydrogens (tertiary/aromatic N) is 3. The number of hydrogen-bond acceptors (Lipinski definition) is 5. The van der Waals surface area contributed by atoms with Crippen LogP contribution < -0.4 is 14.4 Å². The number of ether oxygens (including phenoxy) is 1. The Hall–Kier alpha value is -3.11. The summed E-state index contributed by atoms with van der Waals surface area (Å²) in [4.78, 5) is 28.4. The van der Waals surface area contributed by atoms with E-state index >= 15 is 0 Å². The van der Waals surface area contributed by atoms with Crippen LogP contribution in [0.5, 0.6) is 5.75 Å². The Balaban J connectivity index is 1.89. The zero-order chi connectivity index (χ0) is 27.0. The van der Waals surface area contributed by atoms with Crippen molar-refractivity contribution in [2.75, 3.05) is 32.1 Å². The van der Waals surface area contributed by atoms with E-state index < -0.39 is 28.7 Å². The monoisotopic (exact) mass is 530 g/mol. The Bertz CT molecular complexity index is 1130. The molecule has 2 aromatic rings. The largest absolute Gasteiger partial charge is 0.497 e. The third kappa shape index (κ3) is 7.45. The number of amides is 2. The molecule has 1 atom stereocenters. The van der Waals surface area contributed by atoms with Gasteiger partial charge in [0.2, 0.25) is 11.8 Å². The zero-order valence-electron chi connectivity index (χ0n) is 22.1. The summed E-state index contributed by atoms with van der Waals surface area (Å²) in [6.07, 6.45) is 5.16. The van der Waals surface area contributed by atoms with Gasteiger partial charge in [0.1, 0.15) is 18.3 Å². The van der Waals surface area contributed by atoms with Crippen molar-refractivity contribution >= 4 is 27.7 Å². The molecule has 1 fully saturated rings. The quantitative estimate of drug-likeness (QED) is 0.481. The lowest BCUT2D eigenvalue weighted by Crippen LogP contribution is -2.53. The van der Waals surface area contributed by atoms with E-state index in [4.69, 9.17) is 4.74 Å². The molecular weight excluding hydrogens is 492 g/mol. The van der Waals surface area contributed by atoms with Crippen molar-refractivity contribution in [3.8, 4) is 5.75 Å². The fourth-order valence-electron chi connectivity index (χ4n) is 4.39. The van der Waals surface area contributed by atoms with Crippen LogP contribution >= 0.6 is 0 Å². The topological polar surface area (TPSA) is 99.3 Å². The molecule has 1 N–H and O–H groups in total. The average molecular weight is 531 g/mol. The predicted octanol–water partition coefficient (Wildman–Crippen LogP) is 3.17. The van der Waals surface area contributed by atoms with E-state index in [1.165, 1.54) is 25.4 Å². The minimum Gasteiger partial charge on any atom is -0.497 e. The van der Waals surface area contributed by atoms with Gasteiger partial charge < -0.3 is 15.0 Å². The third-order valence-corrected chi connectivity index (χ3v) is 8.51. The van der Waals surface area contributed by atoms with Gasteiger partial charge in [-0.05, 0) is 49.6 Å². The Morgan fingerprint density at radius 1 is 1.00 bits per heavy atom. The highest BCUT2D eigenvalue weighted by atomic mass is 32.2. The average Bonchev–Trinajstić information content (AvgIpc) is 2.91. The van der Waals surface area contributed by atoms with Crippen LogP contribution in [0.25, 0.3) is 0 Å². The first kappa shape index (κ1) is 28.5. The normalized spacial score (nSPS) is 15.2. The highest BCUT2D eigenvalue weighted by molar-refractivity contribution is 7.90. The molecule has 3 rings (SSSR count). The van der Waals surface area contributed by atoms with Crippen LogP contribution in [-0.4, -0.2) is 69.3 Å². The lowest BCUT2D eigenvalue weighted by atomic mass is 9.95. The Labute approximate surface area is 220 Å². The maximum Gasteiger partial charge on any atom is 0.304 e. The number of anilines is 1. The van der Waals surface area contributed by atoms with Crippen LogP contribution in [0.4, 0.5) is 5.69 Å². The van der Waals surface area contributed by atoms with Crippen LogP contribution in [0.2, 0.25) is 0 Å². The molecule has 0 aliphatic heterocycles. The Kier molecular flexibility index (Phi) is 9.93. The molecule has 9 nitrogen and oxygen atoms in total. The van der Waals surface area contributed by atoms with Crippen molar-refractivity contribution in [2.24, 2.45) is 0 Å². The van der Waals surface area contributed by atoms with Crippen molar-refractivity contribution in [2.45, 2.75) is 57.7 Å². The molecule has 2 amide bonds. The van der Waals surface area contributed by atoms with Crippen molar-refractivity contribution in [1.29, 1.82) is 0 Å². The van der Waals surface area contributed by atoms with E-state index in [0.29, 0.717) is 11.4 Å². The summed E-state index contributed by atoms with van der Waals surface area (Å²) in [6.45, 7) is 1.39. The number of rotatable bonds is 11. The summed E-state index contributed by atoms with van der Waals surface area (Å²) >= 11 is 0. The fraction of sp³-hybridized carbons (Fsp3) is 0.481. The van der Waals surface area contributed by atoms with E-state index in [1.807, 2.05) is 12.1 Å². The minimum atomic E-state index is -3.97. The molecule has 1 aliphatic carbocycles. The molecule has 0 spiro atoms. The fourth-order valence-corrected chi connectivity index (χ4v) is 5.45. The number of para-hydroxylation sites is 1. The lowest BCUT2D eigenvalue weighted by Gasteiger charge is -2.34. The number of hydrogen-bond donors (Lipinski definition) is 1. The first-order chi connectivity index (χ1) is 17.6. The second-order valence-electron chi connectivity index (χ2n) is 9.52. The van der Waals surface area contributed by atoms with Crippen LogP contribution in [-0.2, 0) is 26.3 Å². The van der Waals surface area contributed by atoms with E-state index in [1.54, 1.807) is 56.5 Å². The van der Waals surface area contributed by atoms with Gasteiger partial charge in [0.05, 0.1) is 12.8 Å². The van der Waals surface area contributed by atoms with Crippen LogP contribution in [0.15, 0.2) is 54.6 Å². The molecule has 2 aromatic carbocycles. The SMILES string of the molecule is COc1ccc(CN(C(=O)CN(c2ccccc2)S(=O)(=O)N(C)C)[C@H](C)C(=O)NC2CCCCC2)cc1. The third-order valence-electron chi connectivity index (χ3n) is 6.69. The van der Waals surface area contributed by atoms with E-state index in [9.17, 15) is 18.0 Å². The molecular formula is C27H38N4O5S. The van der Waals surface area contributed by atoms with Gasteiger partial charge in [0.25, 0.3) is 0 Å². The summed E-state index contributed by atoms with van der Waals surface area (Å²) in [5.41, 5.74) is 1.17. The second kappa shape index (κ2) is 12.9. The van der Waals surface area contributed by atoms with Gasteiger partial charge in [0.15, 0.2) is 0 Å². The molecule has 0 bridgehead atoms. The lowest BCUT2D eigenvalue weighted by molar-refractivity contribution is -0.139. The summed E-state index contributed by atoms with van der Waals surface area (Å²) in [5.74, 6) is -0.0380. The molecule has 0 aromatic heterocycles. The van der Waals surface area contributed by atoms with Crippen molar-refractivity contribution in [3.05, 3.63) is 60.2 Å². The Morgan fingerprint density at radius 3 is 2.19 bits per heavy atom. The molecule has 0 unspecified atom stereocenters. The van der Waals surface area contributed by atoms with Gasteiger partial charge in [0, 0.05) is 26.7 Å². The summed E-state index contributed by atoms with van der Waals surface area (Å²) in [6, 6.07) is 15.0. The highest BCUT2D eigenvalue weighted by Crippen LogP contribution is 2.22. The summed E-state index contributed by atoms with van der Waals surface area (Å²) in [7, 11) is 0.450. The first-order valence-electron chi connectivity index (χ1n) is 12.6. The van der Waals surface area contributed by atoms with Crippen LogP contribution in [0, 0.1) is 0 Å². The molecule has 1 aliphatic rings. The van der Waals surface area contributed by atoms with Gasteiger partial charge in [-0.25, -0.2) is 4.31 Å². The van der Waals surface area contributed by atoms with Gasteiger partial charge in [-0.1, -0.05) is 49.6 Å². The van der Waals surface area contributed by atoms with Crippen molar-refractivity contribution < 1.29 is 22.7 Å². The van der Waals surface area contributed by atoms with Crippen LogP contribution in [0.3, 0.4) is 0 Å². The molecule has 0 heterocycles. The molecule has 0 radical (unpaired) electrons. The van der Waals surface area contributed by atoms with Gasteiger partial charge in [-0.3, -0.25) is 9.59 Å². The molecule has 37 heavy (non-hydrogen) atoms. The standard InChI is InChI=1S/C27H38N4O5S/c1-21(27(33)28-23-11-7-5-8-12-23)30(19-22-15-17-25(36-4)18-16-22)26(32)20-31(37(34,35)29(2)3)24-13-9-6-10-14-24/h6,9-10,13-18,21,23H,5,7-8,11-12,19-20H2,1-4H3,(H,28,33)/t21-/m1/s1. The first-order valence-corrected chi connectivity index (χ1v) is 14.0. The van der Waals surface area contributed by atoms with Gasteiger partial charge in [-0.15, -0.1) is 0 Å². The number of benzene rings is 2. The van der Waals surface area contributed by atoms with E-state index in [-0.39, 0.29) is 18.5 Å². The van der Waals surface area contributed by atoms with Crippen LogP contribution in [0.1, 0.15) is 44.6 Å². The number of nitrogens with one attached hydrogen (secondary N) is 1. The number of carbonyl (C=O) groups is 2. The minimum absolute atomic E-state index is 0.0941. The number of carbonyl (C=O) groups excluding carboxylic acids is 2. The van der Waals surface area contributed by atoms with Crippen molar-refractivity contribution in [3.63, 3.8) is 0 Å². The molecule has 0 saturated heterocycles. The summed E-state index contributed by atoms with van der Waals surface area (Å²) in [5, 5.41) is 3.10. The van der Waals surface area contributed by atoms with Gasteiger partial charge in [-0.2, -0.15) is 12.7 Å². The summed E-state index contributed by atoms with van der Waals surface area (Å²) < 4.78 is 33.7. The molecule has 202 valence electrons. The smallest absolute Gasteiger partial charge is 0.304 e. The second-order valence-corrected chi connectivity index (χ2v) is 11.6. The molecule has 10 heteroatoms.